The van der Waals surface area contributed by atoms with E-state index in [0.29, 0.717) is 67.2 Å². The fourth-order valence-corrected chi connectivity index (χ4v) is 7.28. The molecule has 0 aliphatic heterocycles. The second-order valence-corrected chi connectivity index (χ2v) is 13.9. The molecule has 0 unspecified atom stereocenters. The molecule has 0 bridgehead atoms. The maximum absolute atomic E-state index is 11.3. The zero-order valence-electron chi connectivity index (χ0n) is 42.8. The summed E-state index contributed by atoms with van der Waals surface area (Å²) < 4.78 is 101. The summed E-state index contributed by atoms with van der Waals surface area (Å²) >= 11 is 0. The zero-order chi connectivity index (χ0) is 49.1. The van der Waals surface area contributed by atoms with Gasteiger partial charge in [-0.05, 0) is 87.6 Å². The molecule has 0 aliphatic rings. The molecule has 0 atom stereocenters. The van der Waals surface area contributed by atoms with E-state index in [1.807, 2.05) is 108 Å². The van der Waals surface area contributed by atoms with Crippen LogP contribution in [0.4, 0.5) is 0 Å². The number of phenolic OH excluding ortho intramolecular Hbond substituents is 1. The van der Waals surface area contributed by atoms with Crippen LogP contribution in [-0.4, -0.2) is 19.6 Å². The molecule has 0 aliphatic carbocycles. The van der Waals surface area contributed by atoms with Crippen molar-refractivity contribution in [3.8, 4) is 78.6 Å². The third-order valence-corrected chi connectivity index (χ3v) is 10.1. The van der Waals surface area contributed by atoms with Crippen molar-refractivity contribution in [3.05, 3.63) is 193 Å². The molecule has 0 saturated heterocycles. The van der Waals surface area contributed by atoms with Gasteiger partial charge >= 0.3 is 0 Å². The number of pyridine rings is 1. The molecule has 286 valence electrons. The topological polar surface area (TPSA) is 50.9 Å². The Hall–Kier alpha value is -6.35. The summed E-state index contributed by atoms with van der Waals surface area (Å²) in [5, 5.41) is 11.3. The number of rotatable bonds is 7. The van der Waals surface area contributed by atoms with E-state index in [1.165, 1.54) is 24.3 Å². The van der Waals surface area contributed by atoms with Crippen LogP contribution in [0.3, 0.4) is 0 Å². The Morgan fingerprint density at radius 3 is 2.02 bits per heavy atom. The van der Waals surface area contributed by atoms with E-state index in [4.69, 9.17) is 26.4 Å². The molecular weight excluding hydrogens is 890 g/mol. The third kappa shape index (κ3) is 7.44. The van der Waals surface area contributed by atoms with Crippen molar-refractivity contribution >= 4 is 11.0 Å². The Balaban J connectivity index is 0.00000659. The van der Waals surface area contributed by atoms with Crippen molar-refractivity contribution in [1.29, 1.82) is 0 Å². The number of aryl methyl sites for hydroxylation is 1. The van der Waals surface area contributed by atoms with E-state index in [1.54, 1.807) is 48.7 Å². The van der Waals surface area contributed by atoms with Crippen LogP contribution in [-0.2, 0) is 26.5 Å². The maximum atomic E-state index is 11.3. The number of aromatic nitrogens is 3. The Bertz CT molecular complexity index is 3310. The third-order valence-electron chi connectivity index (χ3n) is 10.1. The first-order valence-corrected chi connectivity index (χ1v) is 18.4. The van der Waals surface area contributed by atoms with E-state index in [2.05, 4.69) is 6.07 Å². The van der Waals surface area contributed by atoms with Crippen molar-refractivity contribution in [2.75, 3.05) is 0 Å². The molecule has 2 heterocycles. The SMILES string of the molecule is [2H]C([2H])([2H])c1cc(-n2c(-c3ccccc3O)nc3c(-c4[c-]c(-c5cc(-c6ccc(C(C([2H])([2H])[2H])(C([2H])([2H])[2H])C([2H])([2H])[2H])cc6)ccn5)cc(-c5ccccc5)c4)cccc32)ccc1-c1ccccc1.[Pt]. The van der Waals surface area contributed by atoms with E-state index >= 15 is 0 Å². The Morgan fingerprint density at radius 1 is 0.586 bits per heavy atom. The van der Waals surface area contributed by atoms with Gasteiger partial charge in [0.05, 0.1) is 16.6 Å². The monoisotopic (exact) mass is 943 g/mol. The summed E-state index contributed by atoms with van der Waals surface area (Å²) in [5.74, 6) is 0.368. The predicted molar refractivity (Wildman–Crippen MR) is 235 cm³/mol. The minimum Gasteiger partial charge on any atom is -0.507 e. The van der Waals surface area contributed by atoms with Gasteiger partial charge in [-0.1, -0.05) is 159 Å². The molecule has 0 fully saturated rings. The molecule has 0 spiro atoms. The average Bonchev–Trinajstić information content (AvgIpc) is 3.70. The molecule has 0 saturated carbocycles. The normalized spacial score (nSPS) is 15.3. The van der Waals surface area contributed by atoms with Crippen LogP contribution < -0.4 is 0 Å². The van der Waals surface area contributed by atoms with E-state index in [-0.39, 0.29) is 37.9 Å². The smallest absolute Gasteiger partial charge is 0.148 e. The number of aromatic hydroxyl groups is 1. The molecule has 7 aromatic carbocycles. The van der Waals surface area contributed by atoms with Crippen LogP contribution >= 0.6 is 0 Å². The molecule has 5 heteroatoms. The number of para-hydroxylation sites is 2. The first-order chi connectivity index (χ1) is 32.7. The summed E-state index contributed by atoms with van der Waals surface area (Å²) in [6.07, 6.45) is 1.61. The van der Waals surface area contributed by atoms with Crippen molar-refractivity contribution in [2.45, 2.75) is 32.8 Å². The molecule has 9 rings (SSSR count). The number of hydrogen-bond donors (Lipinski definition) is 1. The van der Waals surface area contributed by atoms with Crippen LogP contribution in [0.1, 0.15) is 48.1 Å². The van der Waals surface area contributed by atoms with Crippen LogP contribution in [0.25, 0.3) is 83.9 Å². The van der Waals surface area contributed by atoms with Gasteiger partial charge < -0.3 is 5.11 Å². The average molecular weight is 944 g/mol. The van der Waals surface area contributed by atoms with Gasteiger partial charge in [0.15, 0.2) is 0 Å². The molecule has 2 aromatic heterocycles. The largest absolute Gasteiger partial charge is 0.507 e. The number of nitrogens with zero attached hydrogens (tertiary/aromatic N) is 3. The van der Waals surface area contributed by atoms with Crippen molar-refractivity contribution in [1.82, 2.24) is 14.5 Å². The standard InChI is InChI=1S/C53H42N3O.Pt/c1-35-30-44(26-27-45(35)38-16-9-6-10-17-38)56-49-20-13-19-46(51(49)55-52(56)47-18-11-12-21-50(47)57)41-31-40(36-14-7-5-8-15-36)32-42(33-41)48-34-39(28-29-54-48)37-22-24-43(25-23-37)53(2,3)4;/h5-32,34,57H,1-4H3;/q-1;/i1D3,2D3,3D3,4D3;. The number of hydrogen-bond acceptors (Lipinski definition) is 3. The molecule has 1 N–H and O–H groups in total. The van der Waals surface area contributed by atoms with Gasteiger partial charge in [-0.3, -0.25) is 9.55 Å². The minimum absolute atomic E-state index is 0. The Labute approximate surface area is 371 Å². The molecule has 9 aromatic rings. The predicted octanol–water partition coefficient (Wildman–Crippen LogP) is 13.5. The van der Waals surface area contributed by atoms with Gasteiger partial charge in [-0.2, -0.15) is 0 Å². The van der Waals surface area contributed by atoms with Gasteiger partial charge in [0.2, 0.25) is 0 Å². The van der Waals surface area contributed by atoms with E-state index < -0.39 is 32.8 Å². The quantitative estimate of drug-likeness (QED) is 0.162. The Morgan fingerprint density at radius 2 is 1.28 bits per heavy atom. The van der Waals surface area contributed by atoms with Gasteiger partial charge in [0.1, 0.15) is 11.6 Å². The zero-order valence-corrected chi connectivity index (χ0v) is 33.1. The summed E-state index contributed by atoms with van der Waals surface area (Å²) in [4.78, 5) is 9.96. The molecule has 0 amide bonds. The second-order valence-electron chi connectivity index (χ2n) is 13.9. The van der Waals surface area contributed by atoms with E-state index in [0.717, 1.165) is 16.7 Å². The number of phenols is 1. The van der Waals surface area contributed by atoms with Crippen LogP contribution in [0.5, 0.6) is 5.75 Å². The number of imidazole rings is 1. The number of fused-ring (bicyclic) bond motifs is 1. The van der Waals surface area contributed by atoms with Gasteiger partial charge in [0.25, 0.3) is 0 Å². The van der Waals surface area contributed by atoms with Crippen molar-refractivity contribution in [2.24, 2.45) is 0 Å². The summed E-state index contributed by atoms with van der Waals surface area (Å²) in [6, 6.07) is 53.6. The second kappa shape index (κ2) is 15.9. The summed E-state index contributed by atoms with van der Waals surface area (Å²) in [5.41, 5.74) is 5.54. The van der Waals surface area contributed by atoms with E-state index in [9.17, 15) is 5.11 Å². The first kappa shape index (κ1) is 26.5. The van der Waals surface area contributed by atoms with Gasteiger partial charge in [-0.15, -0.1) is 23.8 Å². The van der Waals surface area contributed by atoms with Crippen molar-refractivity contribution < 1.29 is 42.6 Å². The molecule has 58 heavy (non-hydrogen) atoms. The fourth-order valence-electron chi connectivity index (χ4n) is 7.28. The molecule has 4 nitrogen and oxygen atoms in total. The van der Waals surface area contributed by atoms with Crippen LogP contribution in [0.2, 0.25) is 0 Å². The fraction of sp³-hybridized carbons (Fsp3) is 0.0943. The first-order valence-electron chi connectivity index (χ1n) is 24.4. The molecular formula is C53H42N3OPt-. The Kier molecular flexibility index (Phi) is 7.27. The van der Waals surface area contributed by atoms with Crippen LogP contribution in [0, 0.1) is 12.9 Å². The van der Waals surface area contributed by atoms with Gasteiger partial charge in [-0.25, -0.2) is 4.98 Å². The van der Waals surface area contributed by atoms with Crippen molar-refractivity contribution in [3.63, 3.8) is 0 Å². The number of benzene rings is 7. The minimum atomic E-state index is -3.39. The summed E-state index contributed by atoms with van der Waals surface area (Å²) in [7, 11) is 0. The molecule has 0 radical (unpaired) electrons. The van der Waals surface area contributed by atoms with Crippen LogP contribution in [0.15, 0.2) is 176 Å². The van der Waals surface area contributed by atoms with Gasteiger partial charge in [0, 0.05) is 55.1 Å². The maximum Gasteiger partial charge on any atom is 0.148 e. The summed E-state index contributed by atoms with van der Waals surface area (Å²) in [6.45, 7) is -12.6.